The Morgan fingerprint density at radius 3 is 2.79 bits per heavy atom. The molecule has 3 heterocycles. The highest BCUT2D eigenvalue weighted by molar-refractivity contribution is 5.82. The first-order valence-electron chi connectivity index (χ1n) is 6.68. The summed E-state index contributed by atoms with van der Waals surface area (Å²) < 4.78 is 0. The molecule has 2 fully saturated rings. The Hall–Kier alpha value is -2.09. The van der Waals surface area contributed by atoms with Gasteiger partial charge in [0.1, 0.15) is 11.8 Å². The first-order chi connectivity index (χ1) is 9.28. The number of anilines is 1. The molecule has 0 aliphatic carbocycles. The van der Waals surface area contributed by atoms with Crippen LogP contribution in [0.1, 0.15) is 18.5 Å². The lowest BCUT2D eigenvalue weighted by Crippen LogP contribution is -2.54. The number of aromatic nitrogens is 1. The van der Waals surface area contributed by atoms with E-state index in [9.17, 15) is 4.79 Å². The van der Waals surface area contributed by atoms with E-state index in [1.54, 1.807) is 12.3 Å². The molecule has 2 saturated heterocycles. The zero-order valence-corrected chi connectivity index (χ0v) is 10.7. The maximum absolute atomic E-state index is 12.2. The van der Waals surface area contributed by atoms with E-state index in [-0.39, 0.29) is 5.92 Å². The van der Waals surface area contributed by atoms with Gasteiger partial charge in [-0.2, -0.15) is 5.26 Å². The standard InChI is InChI=1S/C14H16N4O/c15-8-12-7-13(3-4-16-12)18-9-11(10-18)14(19)17-5-1-2-6-17/h3-4,7,11H,1-2,5-6,9-10H2. The van der Waals surface area contributed by atoms with Crippen LogP contribution >= 0.6 is 0 Å². The van der Waals surface area contributed by atoms with Crippen LogP contribution in [-0.4, -0.2) is 42.0 Å². The van der Waals surface area contributed by atoms with Crippen molar-refractivity contribution in [3.05, 3.63) is 24.0 Å². The van der Waals surface area contributed by atoms with Crippen molar-refractivity contribution in [2.45, 2.75) is 12.8 Å². The van der Waals surface area contributed by atoms with Crippen LogP contribution < -0.4 is 4.90 Å². The van der Waals surface area contributed by atoms with Crippen molar-refractivity contribution in [2.75, 3.05) is 31.1 Å². The van der Waals surface area contributed by atoms with Gasteiger partial charge >= 0.3 is 0 Å². The smallest absolute Gasteiger partial charge is 0.229 e. The Kier molecular flexibility index (Phi) is 3.08. The molecule has 0 radical (unpaired) electrons. The highest BCUT2D eigenvalue weighted by atomic mass is 16.2. The van der Waals surface area contributed by atoms with Crippen LogP contribution in [0.2, 0.25) is 0 Å². The van der Waals surface area contributed by atoms with Crippen molar-refractivity contribution in [1.29, 1.82) is 5.26 Å². The van der Waals surface area contributed by atoms with Gasteiger partial charge < -0.3 is 9.80 Å². The Balaban J connectivity index is 1.60. The second-order valence-electron chi connectivity index (χ2n) is 5.15. The fraction of sp³-hybridized carbons (Fsp3) is 0.500. The van der Waals surface area contributed by atoms with Gasteiger partial charge in [0, 0.05) is 38.1 Å². The number of amides is 1. The molecule has 98 valence electrons. The normalized spacial score (nSPS) is 19.1. The van der Waals surface area contributed by atoms with E-state index < -0.39 is 0 Å². The highest BCUT2D eigenvalue weighted by Gasteiger charge is 2.36. The minimum atomic E-state index is 0.122. The Morgan fingerprint density at radius 1 is 1.37 bits per heavy atom. The van der Waals surface area contributed by atoms with Crippen LogP contribution in [0.3, 0.4) is 0 Å². The van der Waals surface area contributed by atoms with Gasteiger partial charge in [-0.05, 0) is 25.0 Å². The Bertz CT molecular complexity index is 524. The molecule has 0 unspecified atom stereocenters. The highest BCUT2D eigenvalue weighted by Crippen LogP contribution is 2.26. The number of carbonyl (C=O) groups excluding carboxylic acids is 1. The number of likely N-dealkylation sites (tertiary alicyclic amines) is 1. The Morgan fingerprint density at radius 2 is 2.11 bits per heavy atom. The first kappa shape index (κ1) is 12.0. The molecule has 3 rings (SSSR count). The van der Waals surface area contributed by atoms with Gasteiger partial charge in [-0.1, -0.05) is 0 Å². The lowest BCUT2D eigenvalue weighted by molar-refractivity contribution is -0.135. The molecule has 0 atom stereocenters. The van der Waals surface area contributed by atoms with E-state index in [2.05, 4.69) is 9.88 Å². The maximum atomic E-state index is 12.2. The summed E-state index contributed by atoms with van der Waals surface area (Å²) in [4.78, 5) is 20.2. The molecule has 0 spiro atoms. The van der Waals surface area contributed by atoms with E-state index in [1.165, 1.54) is 0 Å². The summed E-state index contributed by atoms with van der Waals surface area (Å²) in [6.07, 6.45) is 3.92. The van der Waals surface area contributed by atoms with Gasteiger partial charge in [-0.15, -0.1) is 0 Å². The molecule has 5 heteroatoms. The van der Waals surface area contributed by atoms with Crippen molar-refractivity contribution in [3.8, 4) is 6.07 Å². The lowest BCUT2D eigenvalue weighted by atomic mass is 9.97. The SMILES string of the molecule is N#Cc1cc(N2CC(C(=O)N3CCCC3)C2)ccn1. The molecule has 5 nitrogen and oxygen atoms in total. The van der Waals surface area contributed by atoms with E-state index in [0.717, 1.165) is 44.7 Å². The average molecular weight is 256 g/mol. The number of hydrogen-bond acceptors (Lipinski definition) is 4. The summed E-state index contributed by atoms with van der Waals surface area (Å²) in [5.41, 5.74) is 1.41. The topological polar surface area (TPSA) is 60.2 Å². The third-order valence-electron chi connectivity index (χ3n) is 3.87. The fourth-order valence-corrected chi connectivity index (χ4v) is 2.72. The molecule has 0 bridgehead atoms. The molecular weight excluding hydrogens is 240 g/mol. The van der Waals surface area contributed by atoms with Crippen molar-refractivity contribution >= 4 is 11.6 Å². The second-order valence-corrected chi connectivity index (χ2v) is 5.15. The number of hydrogen-bond donors (Lipinski definition) is 0. The number of carbonyl (C=O) groups is 1. The summed E-state index contributed by atoms with van der Waals surface area (Å²) in [6, 6.07) is 5.70. The number of nitrogens with zero attached hydrogens (tertiary/aromatic N) is 4. The minimum absolute atomic E-state index is 0.122. The zero-order chi connectivity index (χ0) is 13.2. The third kappa shape index (κ3) is 2.26. The van der Waals surface area contributed by atoms with Crippen LogP contribution in [0.25, 0.3) is 0 Å². The molecule has 1 aromatic rings. The number of pyridine rings is 1. The van der Waals surface area contributed by atoms with Gasteiger partial charge in [0.15, 0.2) is 0 Å². The summed E-state index contributed by atoms with van der Waals surface area (Å²) in [7, 11) is 0. The monoisotopic (exact) mass is 256 g/mol. The van der Waals surface area contributed by atoms with Gasteiger partial charge in [0.2, 0.25) is 5.91 Å². The second kappa shape index (κ2) is 4.88. The van der Waals surface area contributed by atoms with Crippen molar-refractivity contribution in [3.63, 3.8) is 0 Å². The molecule has 1 amide bonds. The molecule has 0 N–H and O–H groups in total. The van der Waals surface area contributed by atoms with Crippen molar-refractivity contribution in [2.24, 2.45) is 5.92 Å². The molecule has 19 heavy (non-hydrogen) atoms. The van der Waals surface area contributed by atoms with Crippen LogP contribution in [-0.2, 0) is 4.79 Å². The van der Waals surface area contributed by atoms with E-state index >= 15 is 0 Å². The van der Waals surface area contributed by atoms with Crippen LogP contribution in [0.5, 0.6) is 0 Å². The van der Waals surface area contributed by atoms with Gasteiger partial charge in [-0.3, -0.25) is 4.79 Å². The zero-order valence-electron chi connectivity index (χ0n) is 10.7. The van der Waals surface area contributed by atoms with Crippen molar-refractivity contribution < 1.29 is 4.79 Å². The first-order valence-corrected chi connectivity index (χ1v) is 6.68. The summed E-state index contributed by atoms with van der Waals surface area (Å²) in [5.74, 6) is 0.417. The molecule has 0 aromatic carbocycles. The fourth-order valence-electron chi connectivity index (χ4n) is 2.72. The summed E-state index contributed by atoms with van der Waals surface area (Å²) in [6.45, 7) is 3.35. The average Bonchev–Trinajstić information content (AvgIpc) is 2.91. The molecule has 2 aliphatic rings. The van der Waals surface area contributed by atoms with Crippen LogP contribution in [0, 0.1) is 17.2 Å². The number of nitriles is 1. The summed E-state index contributed by atoms with van der Waals surface area (Å²) in [5, 5.41) is 8.83. The molecule has 0 saturated carbocycles. The predicted molar refractivity (Wildman–Crippen MR) is 70.5 cm³/mol. The van der Waals surface area contributed by atoms with Crippen molar-refractivity contribution in [1.82, 2.24) is 9.88 Å². The maximum Gasteiger partial charge on any atom is 0.229 e. The summed E-state index contributed by atoms with van der Waals surface area (Å²) >= 11 is 0. The van der Waals surface area contributed by atoms with E-state index in [0.29, 0.717) is 11.6 Å². The molecule has 1 aromatic heterocycles. The molecular formula is C14H16N4O. The van der Waals surface area contributed by atoms with Crippen LogP contribution in [0.15, 0.2) is 18.3 Å². The van der Waals surface area contributed by atoms with E-state index in [1.807, 2.05) is 17.0 Å². The minimum Gasteiger partial charge on any atom is -0.370 e. The van der Waals surface area contributed by atoms with Gasteiger partial charge in [-0.25, -0.2) is 4.98 Å². The predicted octanol–water partition coefficient (Wildman–Crippen LogP) is 1.01. The van der Waals surface area contributed by atoms with Crippen LogP contribution in [0.4, 0.5) is 5.69 Å². The lowest BCUT2D eigenvalue weighted by Gasteiger charge is -2.41. The molecule has 2 aliphatic heterocycles. The quantitative estimate of drug-likeness (QED) is 0.792. The van der Waals surface area contributed by atoms with Gasteiger partial charge in [0.25, 0.3) is 0 Å². The Labute approximate surface area is 112 Å². The van der Waals surface area contributed by atoms with E-state index in [4.69, 9.17) is 5.26 Å². The van der Waals surface area contributed by atoms with Gasteiger partial charge in [0.05, 0.1) is 5.92 Å². The number of rotatable bonds is 2. The largest absolute Gasteiger partial charge is 0.370 e. The third-order valence-corrected chi connectivity index (χ3v) is 3.87.